The molecule has 0 aliphatic heterocycles. The predicted molar refractivity (Wildman–Crippen MR) is 161 cm³/mol. The van der Waals surface area contributed by atoms with E-state index in [0.717, 1.165) is 59.1 Å². The second kappa shape index (κ2) is 8.73. The van der Waals surface area contributed by atoms with E-state index in [-0.39, 0.29) is 0 Å². The van der Waals surface area contributed by atoms with Gasteiger partial charge in [0.15, 0.2) is 17.5 Å². The van der Waals surface area contributed by atoms with Crippen LogP contribution in [0.25, 0.3) is 76.3 Å². The zero-order valence-electron chi connectivity index (χ0n) is 20.4. The van der Waals surface area contributed by atoms with Gasteiger partial charge in [-0.2, -0.15) is 0 Å². The van der Waals surface area contributed by atoms with E-state index in [9.17, 15) is 0 Å². The molecule has 0 aliphatic carbocycles. The smallest absolute Gasteiger partial charge is 0.164 e. The van der Waals surface area contributed by atoms with Crippen LogP contribution >= 0.6 is 22.9 Å². The first-order valence-electron chi connectivity index (χ1n) is 12.6. The van der Waals surface area contributed by atoms with E-state index in [1.807, 2.05) is 72.8 Å². The molecular weight excluding hydrogens is 522 g/mol. The summed E-state index contributed by atoms with van der Waals surface area (Å²) in [7, 11) is 0. The van der Waals surface area contributed by atoms with Crippen molar-refractivity contribution < 1.29 is 4.42 Å². The Bertz CT molecular complexity index is 2200. The second-order valence-corrected chi connectivity index (χ2v) is 10.8. The molecule has 5 aromatic carbocycles. The number of aromatic nitrogens is 3. The molecular formula is C33H18ClN3OS. The number of nitrogens with zero attached hydrogens (tertiary/aromatic N) is 3. The molecule has 3 heterocycles. The first-order valence-corrected chi connectivity index (χ1v) is 13.8. The van der Waals surface area contributed by atoms with Crippen LogP contribution in [-0.2, 0) is 0 Å². The highest BCUT2D eigenvalue weighted by atomic mass is 35.5. The highest BCUT2D eigenvalue weighted by Crippen LogP contribution is 2.43. The molecule has 0 saturated carbocycles. The largest absolute Gasteiger partial charge is 0.456 e. The molecule has 8 aromatic rings. The van der Waals surface area contributed by atoms with Gasteiger partial charge in [0.25, 0.3) is 0 Å². The van der Waals surface area contributed by atoms with Crippen LogP contribution < -0.4 is 0 Å². The minimum atomic E-state index is 0.587. The third kappa shape index (κ3) is 3.62. The van der Waals surface area contributed by atoms with Crippen LogP contribution in [0.4, 0.5) is 0 Å². The summed E-state index contributed by atoms with van der Waals surface area (Å²) in [4.78, 5) is 14.9. The Kier molecular flexibility index (Phi) is 5.02. The van der Waals surface area contributed by atoms with Gasteiger partial charge in [0.2, 0.25) is 0 Å². The van der Waals surface area contributed by atoms with Crippen LogP contribution in [0.2, 0.25) is 5.02 Å². The minimum absolute atomic E-state index is 0.587. The summed E-state index contributed by atoms with van der Waals surface area (Å²) in [6, 6.07) is 36.5. The van der Waals surface area contributed by atoms with E-state index >= 15 is 0 Å². The molecule has 0 bridgehead atoms. The Morgan fingerprint density at radius 1 is 0.564 bits per heavy atom. The molecule has 3 aromatic heterocycles. The van der Waals surface area contributed by atoms with E-state index in [2.05, 4.69) is 36.4 Å². The minimum Gasteiger partial charge on any atom is -0.456 e. The highest BCUT2D eigenvalue weighted by molar-refractivity contribution is 7.26. The van der Waals surface area contributed by atoms with Crippen molar-refractivity contribution >= 4 is 65.0 Å². The molecule has 8 rings (SSSR count). The molecule has 0 spiro atoms. The van der Waals surface area contributed by atoms with Gasteiger partial charge in [-0.25, -0.2) is 15.0 Å². The van der Waals surface area contributed by atoms with Crippen LogP contribution in [-0.4, -0.2) is 15.0 Å². The third-order valence-corrected chi connectivity index (χ3v) is 8.65. The summed E-state index contributed by atoms with van der Waals surface area (Å²) < 4.78 is 8.37. The van der Waals surface area contributed by atoms with Crippen molar-refractivity contribution in [1.29, 1.82) is 0 Å². The SMILES string of the molecule is Clc1ccc(-c2nc(-c3ccccc3)nc(-c3ccc4c(c3)oc3ccccc34)n2)c2c1sc1ccccc12. The maximum atomic E-state index is 6.68. The zero-order valence-corrected chi connectivity index (χ0v) is 22.0. The quantitative estimate of drug-likeness (QED) is 0.224. The van der Waals surface area contributed by atoms with Gasteiger partial charge in [0.1, 0.15) is 11.2 Å². The van der Waals surface area contributed by atoms with Gasteiger partial charge in [0, 0.05) is 42.9 Å². The maximum absolute atomic E-state index is 6.68. The van der Waals surface area contributed by atoms with Crippen LogP contribution in [0.5, 0.6) is 0 Å². The number of benzene rings is 5. The molecule has 0 amide bonds. The van der Waals surface area contributed by atoms with E-state index in [4.69, 9.17) is 31.0 Å². The van der Waals surface area contributed by atoms with E-state index in [0.29, 0.717) is 17.5 Å². The normalized spacial score (nSPS) is 11.7. The highest BCUT2D eigenvalue weighted by Gasteiger charge is 2.19. The fourth-order valence-electron chi connectivity index (χ4n) is 5.19. The first kappa shape index (κ1) is 22.4. The molecule has 39 heavy (non-hydrogen) atoms. The fraction of sp³-hybridized carbons (Fsp3) is 0. The molecule has 0 saturated heterocycles. The monoisotopic (exact) mass is 539 g/mol. The molecule has 184 valence electrons. The lowest BCUT2D eigenvalue weighted by atomic mass is 10.1. The van der Waals surface area contributed by atoms with Crippen LogP contribution in [0.15, 0.2) is 114 Å². The lowest BCUT2D eigenvalue weighted by Gasteiger charge is -2.10. The molecule has 0 unspecified atom stereocenters. The number of hydrogen-bond donors (Lipinski definition) is 0. The lowest BCUT2D eigenvalue weighted by molar-refractivity contribution is 0.669. The van der Waals surface area contributed by atoms with E-state index in [1.54, 1.807) is 11.3 Å². The Morgan fingerprint density at radius 3 is 2.13 bits per heavy atom. The van der Waals surface area contributed by atoms with Gasteiger partial charge in [0.05, 0.1) is 9.72 Å². The van der Waals surface area contributed by atoms with Crippen LogP contribution in [0, 0.1) is 0 Å². The molecule has 0 fully saturated rings. The van der Waals surface area contributed by atoms with Gasteiger partial charge in [-0.05, 0) is 36.4 Å². The summed E-state index contributed by atoms with van der Waals surface area (Å²) in [6.07, 6.45) is 0. The summed E-state index contributed by atoms with van der Waals surface area (Å²) in [5.74, 6) is 1.81. The molecule has 0 N–H and O–H groups in total. The topological polar surface area (TPSA) is 51.8 Å². The summed E-state index contributed by atoms with van der Waals surface area (Å²) in [5, 5.41) is 5.08. The van der Waals surface area contributed by atoms with Crippen molar-refractivity contribution in [2.24, 2.45) is 0 Å². The molecule has 0 atom stereocenters. The van der Waals surface area contributed by atoms with Crippen molar-refractivity contribution in [2.75, 3.05) is 0 Å². The molecule has 0 radical (unpaired) electrons. The summed E-state index contributed by atoms with van der Waals surface area (Å²) >= 11 is 8.36. The maximum Gasteiger partial charge on any atom is 0.164 e. The molecule has 4 nitrogen and oxygen atoms in total. The van der Waals surface area contributed by atoms with Gasteiger partial charge in [-0.15, -0.1) is 11.3 Å². The lowest BCUT2D eigenvalue weighted by Crippen LogP contribution is -2.00. The van der Waals surface area contributed by atoms with Crippen molar-refractivity contribution in [1.82, 2.24) is 15.0 Å². The van der Waals surface area contributed by atoms with E-state index < -0.39 is 0 Å². The average molecular weight is 540 g/mol. The fourth-order valence-corrected chi connectivity index (χ4v) is 6.60. The Balaban J connectivity index is 1.40. The number of para-hydroxylation sites is 1. The first-order chi connectivity index (χ1) is 19.2. The number of rotatable bonds is 3. The van der Waals surface area contributed by atoms with Gasteiger partial charge < -0.3 is 4.42 Å². The Hall–Kier alpha value is -4.58. The third-order valence-electron chi connectivity index (χ3n) is 7.02. The van der Waals surface area contributed by atoms with E-state index in [1.165, 1.54) is 4.70 Å². The van der Waals surface area contributed by atoms with Crippen molar-refractivity contribution in [3.63, 3.8) is 0 Å². The second-order valence-electron chi connectivity index (χ2n) is 9.38. The van der Waals surface area contributed by atoms with Crippen LogP contribution in [0.3, 0.4) is 0 Å². The number of thiophene rings is 1. The molecule has 6 heteroatoms. The van der Waals surface area contributed by atoms with Crippen molar-refractivity contribution in [3.8, 4) is 34.2 Å². The van der Waals surface area contributed by atoms with Crippen molar-refractivity contribution in [3.05, 3.63) is 114 Å². The Labute approximate surface area is 232 Å². The van der Waals surface area contributed by atoms with Gasteiger partial charge in [-0.3, -0.25) is 0 Å². The zero-order chi connectivity index (χ0) is 25.9. The van der Waals surface area contributed by atoms with Gasteiger partial charge >= 0.3 is 0 Å². The number of furan rings is 1. The van der Waals surface area contributed by atoms with Gasteiger partial charge in [-0.1, -0.05) is 84.4 Å². The average Bonchev–Trinajstić information content (AvgIpc) is 3.57. The number of halogens is 1. The Morgan fingerprint density at radius 2 is 1.26 bits per heavy atom. The van der Waals surface area contributed by atoms with Crippen molar-refractivity contribution in [2.45, 2.75) is 0 Å². The molecule has 0 aliphatic rings. The standard InChI is InChI=1S/C33H18ClN3OS/c34-25-17-16-24(29-23-11-5-7-13-28(23)39-30(25)29)33-36-31(19-8-2-1-3-9-19)35-32(37-33)20-14-15-22-21-10-4-6-12-26(21)38-27(22)18-20/h1-18H. The summed E-state index contributed by atoms with van der Waals surface area (Å²) in [6.45, 7) is 0. The summed E-state index contributed by atoms with van der Waals surface area (Å²) in [5.41, 5.74) is 4.38. The predicted octanol–water partition coefficient (Wildman–Crippen LogP) is 9.79. The van der Waals surface area contributed by atoms with Crippen LogP contribution in [0.1, 0.15) is 0 Å². The number of fused-ring (bicyclic) bond motifs is 6. The number of hydrogen-bond acceptors (Lipinski definition) is 5.